The van der Waals surface area contributed by atoms with E-state index < -0.39 is 17.4 Å². The number of rotatable bonds is 6. The third kappa shape index (κ3) is 5.29. The molecule has 0 bridgehead atoms. The second-order valence-electron chi connectivity index (χ2n) is 10.6. The van der Waals surface area contributed by atoms with Gasteiger partial charge in [0, 0.05) is 31.9 Å². The van der Waals surface area contributed by atoms with E-state index in [-0.39, 0.29) is 12.0 Å². The third-order valence-corrected chi connectivity index (χ3v) is 7.29. The van der Waals surface area contributed by atoms with Crippen molar-refractivity contribution in [1.29, 1.82) is 0 Å². The van der Waals surface area contributed by atoms with Crippen LogP contribution in [0.1, 0.15) is 63.3 Å². The quantitative estimate of drug-likeness (QED) is 0.609. The molecule has 3 heterocycles. The number of carboxylic acid groups (broad SMARTS) is 1. The third-order valence-electron chi connectivity index (χ3n) is 7.29. The number of carbonyl (C=O) groups is 1. The van der Waals surface area contributed by atoms with Gasteiger partial charge in [-0.15, -0.1) is 5.10 Å². The van der Waals surface area contributed by atoms with Gasteiger partial charge in [-0.3, -0.25) is 4.90 Å². The Morgan fingerprint density at radius 3 is 2.60 bits per heavy atom. The van der Waals surface area contributed by atoms with Crippen LogP contribution in [0.4, 0.5) is 16.5 Å². The number of aryl methyl sites for hydroxylation is 1. The maximum atomic E-state index is 11.8. The van der Waals surface area contributed by atoms with Crippen molar-refractivity contribution in [3.05, 3.63) is 34.7 Å². The first-order valence-corrected chi connectivity index (χ1v) is 12.1. The molecule has 2 aromatic rings. The topological polar surface area (TPSA) is 113 Å². The average Bonchev–Trinajstić information content (AvgIpc) is 3.37. The van der Waals surface area contributed by atoms with E-state index in [1.54, 1.807) is 4.90 Å². The van der Waals surface area contributed by atoms with Gasteiger partial charge in [-0.05, 0) is 63.3 Å². The normalized spacial score (nSPS) is 24.8. The molecule has 0 unspecified atom stereocenters. The van der Waals surface area contributed by atoms with E-state index in [0.29, 0.717) is 38.1 Å². The molecule has 2 aliphatic rings. The Bertz CT molecular complexity index is 1080. The summed E-state index contributed by atoms with van der Waals surface area (Å²) in [6.45, 7) is 17.0. The number of anilines is 2. The lowest BCUT2D eigenvalue weighted by Gasteiger charge is -2.50. The molecule has 1 aromatic heterocycles. The Labute approximate surface area is 206 Å². The van der Waals surface area contributed by atoms with Crippen molar-refractivity contribution in [2.45, 2.75) is 72.4 Å². The fraction of sp³-hybridized carbons (Fsp3) is 0.640. The van der Waals surface area contributed by atoms with E-state index >= 15 is 0 Å². The molecule has 2 aliphatic heterocycles. The van der Waals surface area contributed by atoms with Gasteiger partial charge in [0.15, 0.2) is 11.9 Å². The van der Waals surface area contributed by atoms with Crippen molar-refractivity contribution >= 4 is 17.8 Å². The molecule has 2 saturated heterocycles. The zero-order chi connectivity index (χ0) is 25.5. The van der Waals surface area contributed by atoms with Crippen molar-refractivity contribution in [2.75, 3.05) is 31.6 Å². The van der Waals surface area contributed by atoms with E-state index in [2.05, 4.69) is 60.2 Å². The van der Waals surface area contributed by atoms with Gasteiger partial charge in [-0.2, -0.15) is 0 Å². The van der Waals surface area contributed by atoms with Gasteiger partial charge < -0.3 is 29.2 Å². The van der Waals surface area contributed by atoms with E-state index in [1.165, 1.54) is 5.56 Å². The average molecular weight is 488 g/mol. The number of benzene rings is 1. The Balaban J connectivity index is 1.50. The SMILES string of the molecule is Cc1cc(CN2CCN(C(=O)O)[C@@](C)(C(C)C)C2)c(C)c(Nc2nnc([C@@H]3COC(C)(C)O3)o2)c1. The number of ether oxygens (including phenoxy) is 2. The molecule has 35 heavy (non-hydrogen) atoms. The van der Waals surface area contributed by atoms with Gasteiger partial charge in [0.1, 0.15) is 0 Å². The van der Waals surface area contributed by atoms with Crippen LogP contribution in [-0.2, 0) is 16.0 Å². The molecule has 0 spiro atoms. The first-order chi connectivity index (χ1) is 16.4. The molecule has 2 N–H and O–H groups in total. The van der Waals surface area contributed by atoms with Gasteiger partial charge >= 0.3 is 12.1 Å². The molecular weight excluding hydrogens is 450 g/mol. The van der Waals surface area contributed by atoms with Crippen molar-refractivity contribution in [3.63, 3.8) is 0 Å². The summed E-state index contributed by atoms with van der Waals surface area (Å²) in [6.07, 6.45) is -1.24. The summed E-state index contributed by atoms with van der Waals surface area (Å²) in [5.41, 5.74) is 3.83. The molecule has 1 aromatic carbocycles. The lowest BCUT2D eigenvalue weighted by molar-refractivity contribution is -0.141. The highest BCUT2D eigenvalue weighted by Crippen LogP contribution is 2.34. The van der Waals surface area contributed by atoms with Crippen molar-refractivity contribution in [1.82, 2.24) is 20.0 Å². The van der Waals surface area contributed by atoms with E-state index in [4.69, 9.17) is 13.9 Å². The van der Waals surface area contributed by atoms with Crippen LogP contribution in [0.3, 0.4) is 0 Å². The van der Waals surface area contributed by atoms with Crippen LogP contribution in [0.15, 0.2) is 16.5 Å². The Hall–Kier alpha value is -2.69. The van der Waals surface area contributed by atoms with Crippen molar-refractivity contribution in [3.8, 4) is 0 Å². The molecule has 192 valence electrons. The van der Waals surface area contributed by atoms with Gasteiger partial charge in [0.05, 0.1) is 12.1 Å². The molecule has 10 heteroatoms. The predicted octanol–water partition coefficient (Wildman–Crippen LogP) is 4.46. The highest BCUT2D eigenvalue weighted by molar-refractivity contribution is 5.66. The minimum Gasteiger partial charge on any atom is -0.465 e. The van der Waals surface area contributed by atoms with E-state index in [0.717, 1.165) is 23.4 Å². The van der Waals surface area contributed by atoms with Gasteiger partial charge in [0.25, 0.3) is 0 Å². The zero-order valence-corrected chi connectivity index (χ0v) is 21.7. The first-order valence-electron chi connectivity index (χ1n) is 12.1. The van der Waals surface area contributed by atoms with Crippen LogP contribution in [0.25, 0.3) is 0 Å². The largest absolute Gasteiger partial charge is 0.465 e. The van der Waals surface area contributed by atoms with Crippen LogP contribution in [0.2, 0.25) is 0 Å². The summed E-state index contributed by atoms with van der Waals surface area (Å²) in [4.78, 5) is 15.8. The minimum atomic E-state index is -0.851. The molecule has 10 nitrogen and oxygen atoms in total. The van der Waals surface area contributed by atoms with Gasteiger partial charge in [0.2, 0.25) is 5.89 Å². The second kappa shape index (κ2) is 9.40. The summed E-state index contributed by atoms with van der Waals surface area (Å²) >= 11 is 0. The summed E-state index contributed by atoms with van der Waals surface area (Å²) in [6, 6.07) is 4.54. The van der Waals surface area contributed by atoms with E-state index in [9.17, 15) is 9.90 Å². The number of hydrogen-bond acceptors (Lipinski definition) is 8. The zero-order valence-electron chi connectivity index (χ0n) is 21.7. The molecule has 0 saturated carbocycles. The second-order valence-corrected chi connectivity index (χ2v) is 10.6. The lowest BCUT2D eigenvalue weighted by atomic mass is 9.84. The Morgan fingerprint density at radius 2 is 1.97 bits per heavy atom. The summed E-state index contributed by atoms with van der Waals surface area (Å²) in [5.74, 6) is -0.0900. The minimum absolute atomic E-state index is 0.198. The monoisotopic (exact) mass is 487 g/mol. The van der Waals surface area contributed by atoms with Gasteiger partial charge in [-0.25, -0.2) is 4.79 Å². The number of aromatic nitrogens is 2. The molecule has 2 atom stereocenters. The number of nitrogens with one attached hydrogen (secondary N) is 1. The van der Waals surface area contributed by atoms with Crippen LogP contribution in [0.5, 0.6) is 0 Å². The lowest BCUT2D eigenvalue weighted by Crippen LogP contribution is -2.64. The first kappa shape index (κ1) is 25.4. The van der Waals surface area contributed by atoms with E-state index in [1.807, 2.05) is 20.8 Å². The highest BCUT2D eigenvalue weighted by atomic mass is 16.7. The molecule has 0 aliphatic carbocycles. The van der Waals surface area contributed by atoms with Crippen LogP contribution in [0, 0.1) is 19.8 Å². The number of hydrogen-bond donors (Lipinski definition) is 2. The van der Waals surface area contributed by atoms with Crippen LogP contribution < -0.4 is 5.32 Å². The van der Waals surface area contributed by atoms with Crippen molar-refractivity contribution < 1.29 is 23.8 Å². The summed E-state index contributed by atoms with van der Waals surface area (Å²) in [5, 5.41) is 21.3. The number of piperazine rings is 1. The van der Waals surface area contributed by atoms with Gasteiger partial charge in [-0.1, -0.05) is 25.0 Å². The Kier molecular flexibility index (Phi) is 6.82. The molecular formula is C25H37N5O5. The van der Waals surface area contributed by atoms with Crippen LogP contribution in [-0.4, -0.2) is 68.8 Å². The number of nitrogens with zero attached hydrogens (tertiary/aromatic N) is 4. The molecule has 0 radical (unpaired) electrons. The summed E-state index contributed by atoms with van der Waals surface area (Å²) < 4.78 is 17.2. The van der Waals surface area contributed by atoms with Crippen molar-refractivity contribution in [2.24, 2.45) is 5.92 Å². The smallest absolute Gasteiger partial charge is 0.407 e. The standard InChI is InChI=1S/C25H37N5O5/c1-15(2)25(7)14-29(8-9-30(25)23(31)32)12-18-10-16(3)11-19(17(18)4)26-22-28-27-21(34-22)20-13-33-24(5,6)35-20/h10-11,15,20H,8-9,12-14H2,1-7H3,(H,26,28)(H,31,32)/t20-,25+/m0/s1. The van der Waals surface area contributed by atoms with Crippen LogP contribution >= 0.6 is 0 Å². The fourth-order valence-corrected chi connectivity index (χ4v) is 4.87. The Morgan fingerprint density at radius 1 is 1.23 bits per heavy atom. The maximum Gasteiger partial charge on any atom is 0.407 e. The summed E-state index contributed by atoms with van der Waals surface area (Å²) in [7, 11) is 0. The predicted molar refractivity (Wildman–Crippen MR) is 131 cm³/mol. The maximum absolute atomic E-state index is 11.8. The fourth-order valence-electron chi connectivity index (χ4n) is 4.87. The molecule has 1 amide bonds. The highest BCUT2D eigenvalue weighted by Gasteiger charge is 2.43. The molecule has 2 fully saturated rings. The molecule has 4 rings (SSSR count). The number of amides is 1.